The zero-order valence-electron chi connectivity index (χ0n) is 8.03. The lowest BCUT2D eigenvalue weighted by atomic mass is 10.1. The van der Waals surface area contributed by atoms with E-state index in [1.807, 2.05) is 0 Å². The summed E-state index contributed by atoms with van der Waals surface area (Å²) in [5.74, 6) is -1.50. The third-order valence-electron chi connectivity index (χ3n) is 1.80. The average Bonchev–Trinajstić information content (AvgIpc) is 2.15. The molecule has 2 N–H and O–H groups in total. The van der Waals surface area contributed by atoms with Gasteiger partial charge in [-0.25, -0.2) is 4.79 Å². The highest BCUT2D eigenvalue weighted by molar-refractivity contribution is 6.30. The predicted octanol–water partition coefficient (Wildman–Crippen LogP) is 1.60. The second-order valence-corrected chi connectivity index (χ2v) is 3.46. The molecule has 0 aliphatic heterocycles. The van der Waals surface area contributed by atoms with Crippen molar-refractivity contribution in [3.8, 4) is 0 Å². The van der Waals surface area contributed by atoms with Gasteiger partial charge in [-0.15, -0.1) is 0 Å². The average molecular weight is 228 g/mol. The predicted molar refractivity (Wildman–Crippen MR) is 55.6 cm³/mol. The lowest BCUT2D eigenvalue weighted by Crippen LogP contribution is -2.31. The van der Waals surface area contributed by atoms with Crippen molar-refractivity contribution >= 4 is 23.5 Å². The summed E-state index contributed by atoms with van der Waals surface area (Å²) in [6, 6.07) is 5.26. The minimum Gasteiger partial charge on any atom is -0.479 e. The maximum absolute atomic E-state index is 10.9. The molecule has 5 heteroatoms. The molecule has 0 aliphatic rings. The van der Waals surface area contributed by atoms with Gasteiger partial charge < -0.3 is 10.4 Å². The van der Waals surface area contributed by atoms with Crippen LogP contribution >= 0.6 is 11.6 Å². The van der Waals surface area contributed by atoms with Crippen LogP contribution in [0.25, 0.3) is 0 Å². The number of halogens is 1. The Morgan fingerprint density at radius 3 is 2.27 bits per heavy atom. The van der Waals surface area contributed by atoms with Crippen LogP contribution in [0, 0.1) is 0 Å². The molecule has 0 saturated heterocycles. The van der Waals surface area contributed by atoms with Gasteiger partial charge in [0.1, 0.15) is 0 Å². The molecule has 0 fully saturated rings. The van der Waals surface area contributed by atoms with E-state index in [0.717, 1.165) is 0 Å². The van der Waals surface area contributed by atoms with Crippen molar-refractivity contribution in [3.63, 3.8) is 0 Å². The second kappa shape index (κ2) is 4.79. The molecule has 1 amide bonds. The van der Waals surface area contributed by atoms with E-state index in [1.54, 1.807) is 24.3 Å². The summed E-state index contributed by atoms with van der Waals surface area (Å²) in [6.07, 6.45) is 0. The first kappa shape index (κ1) is 11.5. The lowest BCUT2D eigenvalue weighted by Gasteiger charge is -2.13. The molecule has 0 bridgehead atoms. The largest absolute Gasteiger partial charge is 0.479 e. The van der Waals surface area contributed by atoms with Crippen LogP contribution in [0.2, 0.25) is 5.02 Å². The Bertz CT molecular complexity index is 375. The molecule has 1 aromatic carbocycles. The number of carbonyl (C=O) groups is 2. The molecule has 0 aromatic heterocycles. The van der Waals surface area contributed by atoms with Crippen LogP contribution in [-0.4, -0.2) is 17.0 Å². The Labute approximate surface area is 91.9 Å². The summed E-state index contributed by atoms with van der Waals surface area (Å²) in [4.78, 5) is 21.7. The van der Waals surface area contributed by atoms with Gasteiger partial charge in [-0.05, 0) is 17.7 Å². The molecular weight excluding hydrogens is 218 g/mol. The van der Waals surface area contributed by atoms with E-state index in [2.05, 4.69) is 5.32 Å². The Balaban J connectivity index is 2.94. The van der Waals surface area contributed by atoms with Gasteiger partial charge in [-0.3, -0.25) is 4.79 Å². The highest BCUT2D eigenvalue weighted by atomic mass is 35.5. The van der Waals surface area contributed by atoms with Crippen LogP contribution in [0.4, 0.5) is 0 Å². The van der Waals surface area contributed by atoms with Gasteiger partial charge >= 0.3 is 5.97 Å². The standard InChI is InChI=1S/C10H10ClNO3/c1-6(13)12-9(10(14)15)7-2-4-8(11)5-3-7/h2-5,9H,1H3,(H,12,13)(H,14,15)/t9-/m1/s1. The van der Waals surface area contributed by atoms with E-state index in [1.165, 1.54) is 6.92 Å². The SMILES string of the molecule is CC(=O)N[C@@H](C(=O)O)c1ccc(Cl)cc1. The lowest BCUT2D eigenvalue weighted by molar-refractivity contribution is -0.141. The van der Waals surface area contributed by atoms with Crippen LogP contribution < -0.4 is 5.32 Å². The first-order chi connectivity index (χ1) is 7.00. The molecule has 0 aliphatic carbocycles. The van der Waals surface area contributed by atoms with E-state index >= 15 is 0 Å². The first-order valence-corrected chi connectivity index (χ1v) is 4.64. The number of carboxylic acids is 1. The van der Waals surface area contributed by atoms with E-state index in [0.29, 0.717) is 10.6 Å². The zero-order valence-corrected chi connectivity index (χ0v) is 8.78. The van der Waals surface area contributed by atoms with Gasteiger partial charge in [-0.2, -0.15) is 0 Å². The smallest absolute Gasteiger partial charge is 0.330 e. The maximum atomic E-state index is 10.9. The number of hydrogen-bond acceptors (Lipinski definition) is 2. The fourth-order valence-electron chi connectivity index (χ4n) is 1.15. The number of rotatable bonds is 3. The molecule has 1 rings (SSSR count). The topological polar surface area (TPSA) is 66.4 Å². The summed E-state index contributed by atoms with van der Waals surface area (Å²) < 4.78 is 0. The molecule has 0 spiro atoms. The second-order valence-electron chi connectivity index (χ2n) is 3.02. The number of aliphatic carboxylic acids is 1. The van der Waals surface area contributed by atoms with Crippen molar-refractivity contribution in [2.75, 3.05) is 0 Å². The van der Waals surface area contributed by atoms with Crippen molar-refractivity contribution in [2.45, 2.75) is 13.0 Å². The summed E-state index contributed by atoms with van der Waals surface area (Å²) in [5, 5.41) is 11.7. The van der Waals surface area contributed by atoms with Gasteiger partial charge in [0.05, 0.1) is 0 Å². The molecule has 0 radical (unpaired) electrons. The van der Waals surface area contributed by atoms with E-state index in [9.17, 15) is 9.59 Å². The Hall–Kier alpha value is -1.55. The summed E-state index contributed by atoms with van der Waals surface area (Å²) in [6.45, 7) is 1.27. The van der Waals surface area contributed by atoms with Gasteiger partial charge in [-0.1, -0.05) is 23.7 Å². The van der Waals surface area contributed by atoms with Crippen molar-refractivity contribution in [1.82, 2.24) is 5.32 Å². The highest BCUT2D eigenvalue weighted by Gasteiger charge is 2.20. The van der Waals surface area contributed by atoms with Crippen LogP contribution in [0.3, 0.4) is 0 Å². The van der Waals surface area contributed by atoms with E-state index in [-0.39, 0.29) is 0 Å². The summed E-state index contributed by atoms with van der Waals surface area (Å²) >= 11 is 5.67. The molecule has 4 nitrogen and oxygen atoms in total. The monoisotopic (exact) mass is 227 g/mol. The Kier molecular flexibility index (Phi) is 3.68. The molecule has 0 unspecified atom stereocenters. The highest BCUT2D eigenvalue weighted by Crippen LogP contribution is 2.16. The number of nitrogens with one attached hydrogen (secondary N) is 1. The quantitative estimate of drug-likeness (QED) is 0.824. The van der Waals surface area contributed by atoms with Crippen molar-refractivity contribution < 1.29 is 14.7 Å². The minimum atomic E-state index is -1.10. The minimum absolute atomic E-state index is 0.391. The molecule has 0 saturated carbocycles. The van der Waals surface area contributed by atoms with Crippen molar-refractivity contribution in [2.24, 2.45) is 0 Å². The fraction of sp³-hybridized carbons (Fsp3) is 0.200. The van der Waals surface area contributed by atoms with E-state index < -0.39 is 17.9 Å². The molecule has 1 aromatic rings. The molecule has 80 valence electrons. The molecular formula is C10H10ClNO3. The van der Waals surface area contributed by atoms with E-state index in [4.69, 9.17) is 16.7 Å². The van der Waals surface area contributed by atoms with Crippen LogP contribution in [0.1, 0.15) is 18.5 Å². The maximum Gasteiger partial charge on any atom is 0.330 e. The van der Waals surface area contributed by atoms with Crippen molar-refractivity contribution in [3.05, 3.63) is 34.9 Å². The number of benzene rings is 1. The number of hydrogen-bond donors (Lipinski definition) is 2. The molecule has 0 heterocycles. The Morgan fingerprint density at radius 2 is 1.87 bits per heavy atom. The third-order valence-corrected chi connectivity index (χ3v) is 2.05. The van der Waals surface area contributed by atoms with Gasteiger partial charge in [0.25, 0.3) is 0 Å². The number of carboxylic acid groups (broad SMARTS) is 1. The number of amides is 1. The van der Waals surface area contributed by atoms with Crippen molar-refractivity contribution in [1.29, 1.82) is 0 Å². The summed E-state index contributed by atoms with van der Waals surface area (Å²) in [5.41, 5.74) is 0.488. The first-order valence-electron chi connectivity index (χ1n) is 4.26. The van der Waals surface area contributed by atoms with Gasteiger partial charge in [0, 0.05) is 11.9 Å². The fourth-order valence-corrected chi connectivity index (χ4v) is 1.27. The van der Waals surface area contributed by atoms with Gasteiger partial charge in [0.2, 0.25) is 5.91 Å². The molecule has 15 heavy (non-hydrogen) atoms. The Morgan fingerprint density at radius 1 is 1.33 bits per heavy atom. The van der Waals surface area contributed by atoms with Gasteiger partial charge in [0.15, 0.2) is 6.04 Å². The summed E-state index contributed by atoms with van der Waals surface area (Å²) in [7, 11) is 0. The third kappa shape index (κ3) is 3.25. The van der Waals surface area contributed by atoms with Crippen LogP contribution in [0.5, 0.6) is 0 Å². The molecule has 1 atom stereocenters. The van der Waals surface area contributed by atoms with Crippen LogP contribution in [-0.2, 0) is 9.59 Å². The zero-order chi connectivity index (χ0) is 11.4. The number of carbonyl (C=O) groups excluding carboxylic acids is 1. The normalized spacial score (nSPS) is 11.9. The van der Waals surface area contributed by atoms with Crippen LogP contribution in [0.15, 0.2) is 24.3 Å².